The van der Waals surface area contributed by atoms with E-state index in [-0.39, 0.29) is 17.4 Å². The molecule has 1 heterocycles. The van der Waals surface area contributed by atoms with Crippen LogP contribution >= 0.6 is 0 Å². The van der Waals surface area contributed by atoms with E-state index in [9.17, 15) is 18.0 Å². The Balaban J connectivity index is 2.18. The molecule has 1 aromatic carbocycles. The number of benzene rings is 1. The van der Waals surface area contributed by atoms with Crippen LogP contribution in [-0.2, 0) is 14.6 Å². The fourth-order valence-electron chi connectivity index (χ4n) is 2.36. The Kier molecular flexibility index (Phi) is 4.23. The van der Waals surface area contributed by atoms with Crippen LogP contribution in [0.5, 0.6) is 0 Å². The van der Waals surface area contributed by atoms with Gasteiger partial charge in [-0.25, -0.2) is 8.42 Å². The van der Waals surface area contributed by atoms with E-state index < -0.39 is 15.1 Å². The van der Waals surface area contributed by atoms with Crippen LogP contribution in [0.4, 0.5) is 5.69 Å². The second-order valence-electron chi connectivity index (χ2n) is 4.97. The largest absolute Gasteiger partial charge is 0.326 e. The average molecular weight is 295 g/mol. The Morgan fingerprint density at radius 1 is 1.15 bits per heavy atom. The van der Waals surface area contributed by atoms with Crippen molar-refractivity contribution in [2.24, 2.45) is 0 Å². The van der Waals surface area contributed by atoms with Gasteiger partial charge in [-0.2, -0.15) is 0 Å². The summed E-state index contributed by atoms with van der Waals surface area (Å²) in [7, 11) is -3.32. The number of hydrogen-bond donors (Lipinski definition) is 1. The van der Waals surface area contributed by atoms with Crippen molar-refractivity contribution in [1.29, 1.82) is 0 Å². The molecule has 1 unspecified atom stereocenters. The van der Waals surface area contributed by atoms with E-state index in [0.717, 1.165) is 6.42 Å². The Bertz CT molecular complexity index is 619. The number of anilines is 1. The topological polar surface area (TPSA) is 80.3 Å². The molecule has 1 aromatic rings. The van der Waals surface area contributed by atoms with E-state index in [4.69, 9.17) is 0 Å². The van der Waals surface area contributed by atoms with Crippen molar-refractivity contribution in [1.82, 2.24) is 0 Å². The number of carbonyl (C=O) groups is 2. The molecule has 0 spiro atoms. The van der Waals surface area contributed by atoms with Crippen LogP contribution in [0.25, 0.3) is 0 Å². The summed E-state index contributed by atoms with van der Waals surface area (Å²) in [6.07, 6.45) is 1.79. The summed E-state index contributed by atoms with van der Waals surface area (Å²) in [6.45, 7) is 1.40. The van der Waals surface area contributed by atoms with Gasteiger partial charge in [0.1, 0.15) is 5.25 Å². The zero-order valence-corrected chi connectivity index (χ0v) is 12.1. The number of Topliss-reactive ketones (excluding diaryl/α,β-unsaturated/α-hetero) is 1. The minimum Gasteiger partial charge on any atom is -0.326 e. The highest BCUT2D eigenvalue weighted by atomic mass is 32.2. The van der Waals surface area contributed by atoms with Gasteiger partial charge in [0.15, 0.2) is 15.6 Å². The summed E-state index contributed by atoms with van der Waals surface area (Å²) in [5.41, 5.74) is 0.954. The molecule has 1 N–H and O–H groups in total. The first-order chi connectivity index (χ1) is 9.40. The van der Waals surface area contributed by atoms with E-state index in [0.29, 0.717) is 24.1 Å². The first-order valence-electron chi connectivity index (χ1n) is 6.53. The van der Waals surface area contributed by atoms with E-state index in [2.05, 4.69) is 5.32 Å². The van der Waals surface area contributed by atoms with Crippen LogP contribution in [0.15, 0.2) is 24.3 Å². The standard InChI is InChI=1S/C14H17NO4S/c1-10(16)15-12-7-5-11(6-8-12)14(17)13-4-2-3-9-20(13,18)19/h5-8,13H,2-4,9H2,1H3,(H,15,16). The lowest BCUT2D eigenvalue weighted by molar-refractivity contribution is -0.114. The molecular weight excluding hydrogens is 278 g/mol. The molecule has 0 aliphatic carbocycles. The second-order valence-corrected chi connectivity index (χ2v) is 7.28. The lowest BCUT2D eigenvalue weighted by atomic mass is 10.0. The fraction of sp³-hybridized carbons (Fsp3) is 0.429. The van der Waals surface area contributed by atoms with Crippen LogP contribution in [0, 0.1) is 0 Å². The number of amides is 1. The van der Waals surface area contributed by atoms with Gasteiger partial charge >= 0.3 is 0 Å². The van der Waals surface area contributed by atoms with Crippen molar-refractivity contribution in [2.45, 2.75) is 31.4 Å². The minimum absolute atomic E-state index is 0.0907. The van der Waals surface area contributed by atoms with E-state index in [1.807, 2.05) is 0 Å². The smallest absolute Gasteiger partial charge is 0.221 e. The third-order valence-electron chi connectivity index (χ3n) is 3.36. The molecule has 0 radical (unpaired) electrons. The number of nitrogens with one attached hydrogen (secondary N) is 1. The van der Waals surface area contributed by atoms with Crippen LogP contribution in [0.1, 0.15) is 36.5 Å². The number of ketones is 1. The molecule has 0 bridgehead atoms. The number of rotatable bonds is 3. The Morgan fingerprint density at radius 3 is 2.35 bits per heavy atom. The first-order valence-corrected chi connectivity index (χ1v) is 8.25. The molecule has 108 valence electrons. The summed E-state index contributed by atoms with van der Waals surface area (Å²) in [6, 6.07) is 6.31. The van der Waals surface area contributed by atoms with Crippen molar-refractivity contribution in [3.05, 3.63) is 29.8 Å². The lowest BCUT2D eigenvalue weighted by Gasteiger charge is -2.21. The fourth-order valence-corrected chi connectivity index (χ4v) is 4.24. The van der Waals surface area contributed by atoms with E-state index in [1.54, 1.807) is 24.3 Å². The number of sulfone groups is 1. The molecule has 2 rings (SSSR count). The highest BCUT2D eigenvalue weighted by Gasteiger charge is 2.35. The molecule has 1 amide bonds. The highest BCUT2D eigenvalue weighted by Crippen LogP contribution is 2.23. The van der Waals surface area contributed by atoms with Crippen LogP contribution < -0.4 is 5.32 Å². The minimum atomic E-state index is -3.32. The van der Waals surface area contributed by atoms with Gasteiger partial charge in [0.05, 0.1) is 5.75 Å². The molecule has 5 nitrogen and oxygen atoms in total. The van der Waals surface area contributed by atoms with Gasteiger partial charge in [0, 0.05) is 18.2 Å². The van der Waals surface area contributed by atoms with Crippen molar-refractivity contribution in [3.8, 4) is 0 Å². The molecule has 1 fully saturated rings. The van der Waals surface area contributed by atoms with Gasteiger partial charge < -0.3 is 5.32 Å². The normalized spacial score (nSPS) is 21.1. The van der Waals surface area contributed by atoms with Gasteiger partial charge in [-0.15, -0.1) is 0 Å². The van der Waals surface area contributed by atoms with Gasteiger partial charge in [-0.05, 0) is 37.1 Å². The molecule has 20 heavy (non-hydrogen) atoms. The third-order valence-corrected chi connectivity index (χ3v) is 5.54. The Morgan fingerprint density at radius 2 is 1.80 bits per heavy atom. The van der Waals surface area contributed by atoms with Crippen LogP contribution in [0.3, 0.4) is 0 Å². The van der Waals surface area contributed by atoms with Gasteiger partial charge in [0.25, 0.3) is 0 Å². The molecule has 1 aliphatic rings. The molecule has 1 aliphatic heterocycles. The van der Waals surface area contributed by atoms with Gasteiger partial charge in [-0.3, -0.25) is 9.59 Å². The SMILES string of the molecule is CC(=O)Nc1ccc(C(=O)C2CCCCS2(=O)=O)cc1. The number of hydrogen-bond acceptors (Lipinski definition) is 4. The third kappa shape index (κ3) is 3.25. The molecule has 6 heteroatoms. The zero-order valence-electron chi connectivity index (χ0n) is 11.3. The zero-order chi connectivity index (χ0) is 14.8. The molecular formula is C14H17NO4S. The maximum absolute atomic E-state index is 12.3. The van der Waals surface area contributed by atoms with Gasteiger partial charge in [0.2, 0.25) is 5.91 Å². The Hall–Kier alpha value is -1.69. The highest BCUT2D eigenvalue weighted by molar-refractivity contribution is 7.92. The molecule has 0 saturated carbocycles. The number of carbonyl (C=O) groups excluding carboxylic acids is 2. The molecule has 1 saturated heterocycles. The van der Waals surface area contributed by atoms with E-state index >= 15 is 0 Å². The second kappa shape index (κ2) is 5.75. The summed E-state index contributed by atoms with van der Waals surface area (Å²) in [4.78, 5) is 23.2. The van der Waals surface area contributed by atoms with Gasteiger partial charge in [-0.1, -0.05) is 6.42 Å². The predicted molar refractivity (Wildman–Crippen MR) is 76.5 cm³/mol. The summed E-state index contributed by atoms with van der Waals surface area (Å²) >= 11 is 0. The van der Waals surface area contributed by atoms with Crippen molar-refractivity contribution < 1.29 is 18.0 Å². The Labute approximate surface area is 118 Å². The first kappa shape index (κ1) is 14.7. The maximum Gasteiger partial charge on any atom is 0.221 e. The van der Waals surface area contributed by atoms with Crippen LogP contribution in [0.2, 0.25) is 0 Å². The average Bonchev–Trinajstić information content (AvgIpc) is 2.37. The van der Waals surface area contributed by atoms with Crippen molar-refractivity contribution in [2.75, 3.05) is 11.1 Å². The maximum atomic E-state index is 12.3. The van der Waals surface area contributed by atoms with Crippen molar-refractivity contribution >= 4 is 27.2 Å². The summed E-state index contributed by atoms with van der Waals surface area (Å²) < 4.78 is 23.9. The monoisotopic (exact) mass is 295 g/mol. The van der Waals surface area contributed by atoms with Crippen LogP contribution in [-0.4, -0.2) is 31.1 Å². The van der Waals surface area contributed by atoms with E-state index in [1.165, 1.54) is 6.92 Å². The summed E-state index contributed by atoms with van der Waals surface area (Å²) in [5, 5.41) is 1.68. The lowest BCUT2D eigenvalue weighted by Crippen LogP contribution is -2.35. The molecule has 1 atom stereocenters. The quantitative estimate of drug-likeness (QED) is 0.862. The predicted octanol–water partition coefficient (Wildman–Crippen LogP) is 1.79. The van der Waals surface area contributed by atoms with Crippen molar-refractivity contribution in [3.63, 3.8) is 0 Å². The summed E-state index contributed by atoms with van der Waals surface area (Å²) in [5.74, 6) is -0.453. The molecule has 0 aromatic heterocycles.